The first-order valence-electron chi connectivity index (χ1n) is 12.5. The monoisotopic (exact) mass is 481 g/mol. The third kappa shape index (κ3) is 9.55. The number of ether oxygens (including phenoxy) is 2. The molecule has 0 aromatic heterocycles. The number of carbonyl (C=O) groups is 3. The molecule has 0 aliphatic carbocycles. The first kappa shape index (κ1) is 28.1. The average Bonchev–Trinajstić information content (AvgIpc) is 2.86. The Labute approximate surface area is 209 Å². The van der Waals surface area contributed by atoms with Gasteiger partial charge in [-0.05, 0) is 48.1 Å². The first-order chi connectivity index (χ1) is 16.9. The molecule has 1 amide bonds. The Bertz CT molecular complexity index is 954. The molecule has 0 fully saturated rings. The lowest BCUT2D eigenvalue weighted by Gasteiger charge is -2.18. The average molecular weight is 482 g/mol. The molecule has 0 spiro atoms. The molecule has 6 heteroatoms. The second kappa shape index (κ2) is 15.0. The van der Waals surface area contributed by atoms with E-state index in [1.807, 2.05) is 49.5 Å². The third-order valence-electron chi connectivity index (χ3n) is 6.05. The molecule has 0 aliphatic rings. The van der Waals surface area contributed by atoms with E-state index in [1.165, 1.54) is 13.5 Å². The van der Waals surface area contributed by atoms with Crippen LogP contribution in [0.4, 0.5) is 0 Å². The van der Waals surface area contributed by atoms with Gasteiger partial charge in [0.05, 0.1) is 26.1 Å². The van der Waals surface area contributed by atoms with Crippen LogP contribution in [0.3, 0.4) is 0 Å². The highest BCUT2D eigenvalue weighted by molar-refractivity contribution is 5.80. The van der Waals surface area contributed by atoms with Crippen molar-refractivity contribution in [3.05, 3.63) is 59.7 Å². The number of benzene rings is 2. The highest BCUT2D eigenvalue weighted by Crippen LogP contribution is 2.23. The summed E-state index contributed by atoms with van der Waals surface area (Å²) in [6.45, 7) is 4.76. The van der Waals surface area contributed by atoms with Gasteiger partial charge in [0.25, 0.3) is 0 Å². The summed E-state index contributed by atoms with van der Waals surface area (Å²) in [6.07, 6.45) is 5.37. The van der Waals surface area contributed by atoms with E-state index in [4.69, 9.17) is 9.47 Å². The Hall–Kier alpha value is -3.15. The van der Waals surface area contributed by atoms with Crippen molar-refractivity contribution in [2.45, 2.75) is 65.3 Å². The lowest BCUT2D eigenvalue weighted by Crippen LogP contribution is -2.25. The Morgan fingerprint density at radius 1 is 0.914 bits per heavy atom. The van der Waals surface area contributed by atoms with Crippen molar-refractivity contribution >= 4 is 17.8 Å². The summed E-state index contributed by atoms with van der Waals surface area (Å²) in [5.74, 6) is -1.22. The summed E-state index contributed by atoms with van der Waals surface area (Å²) in [7, 11) is 3.17. The number of hydrogen-bond donors (Lipinski definition) is 0. The summed E-state index contributed by atoms with van der Waals surface area (Å²) >= 11 is 0. The van der Waals surface area contributed by atoms with Crippen LogP contribution in [-0.4, -0.2) is 43.5 Å². The van der Waals surface area contributed by atoms with Gasteiger partial charge in [0.15, 0.2) is 0 Å². The van der Waals surface area contributed by atoms with Crippen LogP contribution in [-0.2, 0) is 36.8 Å². The Balaban J connectivity index is 2.03. The smallest absolute Gasteiger partial charge is 0.309 e. The second-order valence-electron chi connectivity index (χ2n) is 8.89. The Morgan fingerprint density at radius 2 is 1.66 bits per heavy atom. The van der Waals surface area contributed by atoms with Crippen LogP contribution in [0.25, 0.3) is 11.1 Å². The number of amides is 1. The van der Waals surface area contributed by atoms with E-state index in [2.05, 4.69) is 13.0 Å². The predicted octanol–water partition coefficient (Wildman–Crippen LogP) is 5.57. The van der Waals surface area contributed by atoms with Crippen LogP contribution < -0.4 is 0 Å². The highest BCUT2D eigenvalue weighted by atomic mass is 16.5. The van der Waals surface area contributed by atoms with E-state index in [0.29, 0.717) is 19.4 Å². The van der Waals surface area contributed by atoms with Gasteiger partial charge in [0.2, 0.25) is 5.91 Å². The number of rotatable bonds is 14. The molecule has 0 bridgehead atoms. The van der Waals surface area contributed by atoms with Gasteiger partial charge >= 0.3 is 11.9 Å². The molecule has 35 heavy (non-hydrogen) atoms. The van der Waals surface area contributed by atoms with Gasteiger partial charge in [-0.3, -0.25) is 14.4 Å². The first-order valence-corrected chi connectivity index (χ1v) is 12.5. The van der Waals surface area contributed by atoms with Gasteiger partial charge in [-0.2, -0.15) is 0 Å². The molecule has 2 rings (SSSR count). The number of carbonyl (C=O) groups excluding carboxylic acids is 3. The van der Waals surface area contributed by atoms with Crippen molar-refractivity contribution in [1.82, 2.24) is 4.90 Å². The molecular formula is C29H39NO5. The van der Waals surface area contributed by atoms with Crippen molar-refractivity contribution < 1.29 is 23.9 Å². The van der Waals surface area contributed by atoms with E-state index < -0.39 is 17.9 Å². The lowest BCUT2D eigenvalue weighted by atomic mass is 9.94. The summed E-state index contributed by atoms with van der Waals surface area (Å²) in [5.41, 5.74) is 4.14. The molecule has 2 aromatic carbocycles. The molecule has 6 nitrogen and oxygen atoms in total. The maximum Gasteiger partial charge on any atom is 0.309 e. The van der Waals surface area contributed by atoms with Gasteiger partial charge in [0.1, 0.15) is 0 Å². The molecule has 190 valence electrons. The normalized spacial score (nSPS) is 11.5. The summed E-state index contributed by atoms with van der Waals surface area (Å²) in [6, 6.07) is 16.2. The molecule has 0 aliphatic heterocycles. The number of hydrogen-bond acceptors (Lipinski definition) is 5. The van der Waals surface area contributed by atoms with Crippen LogP contribution in [0, 0.1) is 5.92 Å². The van der Waals surface area contributed by atoms with Crippen molar-refractivity contribution in [2.75, 3.05) is 20.8 Å². The van der Waals surface area contributed by atoms with E-state index >= 15 is 0 Å². The van der Waals surface area contributed by atoms with Gasteiger partial charge in [-0.15, -0.1) is 0 Å². The molecule has 1 unspecified atom stereocenters. The molecule has 0 N–H and O–H groups in total. The third-order valence-corrected chi connectivity index (χ3v) is 6.05. The number of nitrogens with zero attached hydrogens (tertiary/aromatic N) is 1. The standard InChI is InChI=1S/C29H39NO5/c1-5-7-8-9-13-27(31)30(3)21-23-11-10-12-25(19-23)24-16-14-22(15-17-24)18-26(20-28(32)34-4)29(33)35-6-2/h10-12,14-17,19,26H,5-9,13,18,20-21H2,1-4H3. The molecule has 0 radical (unpaired) electrons. The minimum atomic E-state index is -0.577. The Kier molecular flexibility index (Phi) is 12.0. The fourth-order valence-electron chi connectivity index (χ4n) is 4.01. The fraction of sp³-hybridized carbons (Fsp3) is 0.483. The van der Waals surface area contributed by atoms with E-state index in [9.17, 15) is 14.4 Å². The van der Waals surface area contributed by atoms with Crippen molar-refractivity contribution in [3.8, 4) is 11.1 Å². The van der Waals surface area contributed by atoms with Crippen molar-refractivity contribution in [3.63, 3.8) is 0 Å². The predicted molar refractivity (Wildman–Crippen MR) is 138 cm³/mol. The van der Waals surface area contributed by atoms with Crippen molar-refractivity contribution in [1.29, 1.82) is 0 Å². The molecule has 1 atom stereocenters. The van der Waals surface area contributed by atoms with E-state index in [-0.39, 0.29) is 18.9 Å². The fourth-order valence-corrected chi connectivity index (χ4v) is 4.01. The van der Waals surface area contributed by atoms with Crippen LogP contribution in [0.2, 0.25) is 0 Å². The highest BCUT2D eigenvalue weighted by Gasteiger charge is 2.24. The minimum absolute atomic E-state index is 0.00995. The molecular weight excluding hydrogens is 442 g/mol. The molecule has 0 heterocycles. The molecule has 2 aromatic rings. The van der Waals surface area contributed by atoms with Crippen LogP contribution in [0.1, 0.15) is 63.5 Å². The minimum Gasteiger partial charge on any atom is -0.469 e. The van der Waals surface area contributed by atoms with Crippen LogP contribution >= 0.6 is 0 Å². The van der Waals surface area contributed by atoms with E-state index in [0.717, 1.165) is 41.5 Å². The second-order valence-corrected chi connectivity index (χ2v) is 8.89. The van der Waals surface area contributed by atoms with Gasteiger partial charge in [0, 0.05) is 20.0 Å². The van der Waals surface area contributed by atoms with Crippen molar-refractivity contribution in [2.24, 2.45) is 5.92 Å². The van der Waals surface area contributed by atoms with Gasteiger partial charge in [-0.1, -0.05) is 68.7 Å². The SMILES string of the molecule is CCCCCCC(=O)N(C)Cc1cccc(-c2ccc(CC(CC(=O)OC)C(=O)OCC)cc2)c1. The molecule has 0 saturated heterocycles. The number of unbranched alkanes of at least 4 members (excludes halogenated alkanes) is 3. The van der Waals surface area contributed by atoms with Crippen LogP contribution in [0.15, 0.2) is 48.5 Å². The summed E-state index contributed by atoms with van der Waals surface area (Å²) < 4.78 is 9.87. The summed E-state index contributed by atoms with van der Waals surface area (Å²) in [4.78, 5) is 38.3. The Morgan fingerprint density at radius 3 is 2.31 bits per heavy atom. The van der Waals surface area contributed by atoms with E-state index in [1.54, 1.807) is 11.8 Å². The van der Waals surface area contributed by atoms with Gasteiger partial charge < -0.3 is 14.4 Å². The molecule has 0 saturated carbocycles. The lowest BCUT2D eigenvalue weighted by molar-refractivity contribution is -0.153. The quantitative estimate of drug-likeness (QED) is 0.261. The van der Waals surface area contributed by atoms with Crippen LogP contribution in [0.5, 0.6) is 0 Å². The number of esters is 2. The largest absolute Gasteiger partial charge is 0.469 e. The zero-order valence-corrected chi connectivity index (χ0v) is 21.5. The number of methoxy groups -OCH3 is 1. The van der Waals surface area contributed by atoms with Gasteiger partial charge in [-0.25, -0.2) is 0 Å². The maximum absolute atomic E-state index is 12.4. The zero-order chi connectivity index (χ0) is 25.6. The zero-order valence-electron chi connectivity index (χ0n) is 21.5. The maximum atomic E-state index is 12.4. The summed E-state index contributed by atoms with van der Waals surface area (Å²) in [5, 5.41) is 0. The topological polar surface area (TPSA) is 72.9 Å².